The van der Waals surface area contributed by atoms with Gasteiger partial charge < -0.3 is 0 Å². The molecule has 2 rings (SSSR count). The largest absolute Gasteiger partial charge is 0.0854 e. The maximum absolute atomic E-state index is 2.43. The Hall–Kier alpha value is -0.260. The molecule has 0 spiro atoms. The molecule has 10 heavy (non-hydrogen) atoms. The van der Waals surface area contributed by atoms with E-state index in [0.717, 1.165) is 17.8 Å². The van der Waals surface area contributed by atoms with Crippen molar-refractivity contribution >= 4 is 0 Å². The quantitative estimate of drug-likeness (QED) is 0.449. The van der Waals surface area contributed by atoms with Crippen LogP contribution in [0.4, 0.5) is 0 Å². The van der Waals surface area contributed by atoms with Gasteiger partial charge in [0.2, 0.25) is 0 Å². The van der Waals surface area contributed by atoms with Gasteiger partial charge in [0.25, 0.3) is 0 Å². The van der Waals surface area contributed by atoms with Crippen LogP contribution < -0.4 is 0 Å². The summed E-state index contributed by atoms with van der Waals surface area (Å²) >= 11 is 0. The van der Waals surface area contributed by atoms with E-state index < -0.39 is 0 Å². The normalized spacial score (nSPS) is 48.5. The molecule has 2 aliphatic carbocycles. The minimum atomic E-state index is 0.640. The summed E-state index contributed by atoms with van der Waals surface area (Å²) in [5, 5.41) is 0. The van der Waals surface area contributed by atoms with Crippen molar-refractivity contribution in [2.45, 2.75) is 27.2 Å². The van der Waals surface area contributed by atoms with E-state index in [-0.39, 0.29) is 0 Å². The van der Waals surface area contributed by atoms with Gasteiger partial charge >= 0.3 is 0 Å². The standard InChI is InChI=1S/C10H16/c1-7-4-5-8-9(6-7)10(8,2)3/h4-5,7-9H,6H2,1-3H3/t7-,8+,9+/m1/s1. The van der Waals surface area contributed by atoms with Crippen LogP contribution in [0.25, 0.3) is 0 Å². The molecule has 0 N–H and O–H groups in total. The average Bonchev–Trinajstić information content (AvgIpc) is 2.36. The molecule has 0 aromatic heterocycles. The van der Waals surface area contributed by atoms with Crippen LogP contribution in [0.5, 0.6) is 0 Å². The highest BCUT2D eigenvalue weighted by molar-refractivity contribution is 5.18. The molecule has 0 saturated heterocycles. The molecule has 3 atom stereocenters. The second-order valence-electron chi connectivity index (χ2n) is 4.55. The van der Waals surface area contributed by atoms with E-state index in [1.807, 2.05) is 0 Å². The molecule has 0 heterocycles. The summed E-state index contributed by atoms with van der Waals surface area (Å²) in [5.74, 6) is 2.76. The minimum Gasteiger partial charge on any atom is -0.0854 e. The molecule has 0 heteroatoms. The van der Waals surface area contributed by atoms with Crippen molar-refractivity contribution < 1.29 is 0 Å². The SMILES string of the molecule is C[C@@H]1C=C[C@H]2[C@H](C1)C2(C)C. The van der Waals surface area contributed by atoms with E-state index in [1.165, 1.54) is 6.42 Å². The zero-order valence-corrected chi connectivity index (χ0v) is 7.09. The van der Waals surface area contributed by atoms with Gasteiger partial charge in [-0.1, -0.05) is 32.9 Å². The summed E-state index contributed by atoms with van der Waals surface area (Å²) in [7, 11) is 0. The summed E-state index contributed by atoms with van der Waals surface area (Å²) < 4.78 is 0. The van der Waals surface area contributed by atoms with Crippen molar-refractivity contribution in [2.75, 3.05) is 0 Å². The van der Waals surface area contributed by atoms with Gasteiger partial charge in [-0.3, -0.25) is 0 Å². The van der Waals surface area contributed by atoms with Crippen molar-refractivity contribution in [3.05, 3.63) is 12.2 Å². The molecule has 0 bridgehead atoms. The summed E-state index contributed by atoms with van der Waals surface area (Å²) in [4.78, 5) is 0. The van der Waals surface area contributed by atoms with Crippen LogP contribution in [-0.4, -0.2) is 0 Å². The molecular weight excluding hydrogens is 120 g/mol. The Labute approximate surface area is 63.3 Å². The van der Waals surface area contributed by atoms with Crippen molar-refractivity contribution in [2.24, 2.45) is 23.2 Å². The molecule has 0 unspecified atom stereocenters. The van der Waals surface area contributed by atoms with Crippen molar-refractivity contribution in [1.82, 2.24) is 0 Å². The molecule has 2 aliphatic rings. The predicted molar refractivity (Wildman–Crippen MR) is 43.7 cm³/mol. The van der Waals surface area contributed by atoms with E-state index in [0.29, 0.717) is 5.41 Å². The monoisotopic (exact) mass is 136 g/mol. The predicted octanol–water partition coefficient (Wildman–Crippen LogP) is 2.85. The number of hydrogen-bond acceptors (Lipinski definition) is 0. The lowest BCUT2D eigenvalue weighted by atomic mass is 9.97. The fourth-order valence-corrected chi connectivity index (χ4v) is 2.41. The van der Waals surface area contributed by atoms with Gasteiger partial charge in [0, 0.05) is 0 Å². The zero-order valence-electron chi connectivity index (χ0n) is 7.09. The smallest absolute Gasteiger partial charge is 0.0145 e. The maximum atomic E-state index is 2.43. The molecule has 0 amide bonds. The summed E-state index contributed by atoms with van der Waals surface area (Å²) in [5.41, 5.74) is 0.640. The third-order valence-corrected chi connectivity index (χ3v) is 3.41. The van der Waals surface area contributed by atoms with Crippen LogP contribution in [0.3, 0.4) is 0 Å². The van der Waals surface area contributed by atoms with E-state index in [2.05, 4.69) is 32.9 Å². The highest BCUT2D eigenvalue weighted by Crippen LogP contribution is 2.63. The fraction of sp³-hybridized carbons (Fsp3) is 0.800. The third kappa shape index (κ3) is 0.680. The first-order valence-electron chi connectivity index (χ1n) is 4.30. The second kappa shape index (κ2) is 1.66. The number of hydrogen-bond donors (Lipinski definition) is 0. The third-order valence-electron chi connectivity index (χ3n) is 3.41. The minimum absolute atomic E-state index is 0.640. The van der Waals surface area contributed by atoms with Crippen LogP contribution in [-0.2, 0) is 0 Å². The Morgan fingerprint density at radius 3 is 2.50 bits per heavy atom. The van der Waals surface area contributed by atoms with Crippen molar-refractivity contribution in [3.8, 4) is 0 Å². The molecule has 0 aliphatic heterocycles. The van der Waals surface area contributed by atoms with Gasteiger partial charge in [-0.2, -0.15) is 0 Å². The van der Waals surface area contributed by atoms with Gasteiger partial charge in [0.15, 0.2) is 0 Å². The molecule has 0 aromatic carbocycles. The topological polar surface area (TPSA) is 0 Å². The highest BCUT2D eigenvalue weighted by atomic mass is 14.6. The molecule has 56 valence electrons. The molecule has 1 saturated carbocycles. The lowest BCUT2D eigenvalue weighted by Crippen LogP contribution is -1.97. The Kier molecular flexibility index (Phi) is 1.07. The Morgan fingerprint density at radius 2 is 2.00 bits per heavy atom. The maximum Gasteiger partial charge on any atom is -0.0145 e. The summed E-state index contributed by atoms with van der Waals surface area (Å²) in [6.45, 7) is 7.11. The van der Waals surface area contributed by atoms with Crippen LogP contribution in [0, 0.1) is 23.2 Å². The van der Waals surface area contributed by atoms with Crippen LogP contribution in [0.2, 0.25) is 0 Å². The van der Waals surface area contributed by atoms with E-state index in [9.17, 15) is 0 Å². The van der Waals surface area contributed by atoms with E-state index in [4.69, 9.17) is 0 Å². The Bertz CT molecular complexity index is 176. The van der Waals surface area contributed by atoms with Gasteiger partial charge in [0.1, 0.15) is 0 Å². The van der Waals surface area contributed by atoms with Gasteiger partial charge in [-0.15, -0.1) is 0 Å². The zero-order chi connectivity index (χ0) is 7.35. The Balaban J connectivity index is 2.16. The van der Waals surface area contributed by atoms with E-state index in [1.54, 1.807) is 0 Å². The first-order valence-corrected chi connectivity index (χ1v) is 4.30. The molecule has 1 fully saturated rings. The number of rotatable bonds is 0. The van der Waals surface area contributed by atoms with E-state index >= 15 is 0 Å². The van der Waals surface area contributed by atoms with Gasteiger partial charge in [0.05, 0.1) is 0 Å². The number of fused-ring (bicyclic) bond motifs is 1. The lowest BCUT2D eigenvalue weighted by molar-refractivity contribution is 0.487. The number of allylic oxidation sites excluding steroid dienone is 2. The molecule has 0 radical (unpaired) electrons. The average molecular weight is 136 g/mol. The summed E-state index contributed by atoms with van der Waals surface area (Å²) in [6, 6.07) is 0. The first kappa shape index (κ1) is 6.45. The van der Waals surface area contributed by atoms with Crippen LogP contribution >= 0.6 is 0 Å². The molecule has 0 aromatic rings. The highest BCUT2D eigenvalue weighted by Gasteiger charge is 2.56. The van der Waals surface area contributed by atoms with Gasteiger partial charge in [-0.25, -0.2) is 0 Å². The van der Waals surface area contributed by atoms with Gasteiger partial charge in [-0.05, 0) is 29.6 Å². The second-order valence-corrected chi connectivity index (χ2v) is 4.55. The van der Waals surface area contributed by atoms with Crippen LogP contribution in [0.1, 0.15) is 27.2 Å². The van der Waals surface area contributed by atoms with Crippen molar-refractivity contribution in [3.63, 3.8) is 0 Å². The van der Waals surface area contributed by atoms with Crippen molar-refractivity contribution in [1.29, 1.82) is 0 Å². The Morgan fingerprint density at radius 1 is 1.30 bits per heavy atom. The van der Waals surface area contributed by atoms with Crippen LogP contribution in [0.15, 0.2) is 12.2 Å². The lowest BCUT2D eigenvalue weighted by Gasteiger charge is -2.08. The fourth-order valence-electron chi connectivity index (χ4n) is 2.41. The molecule has 0 nitrogen and oxygen atoms in total. The first-order chi connectivity index (χ1) is 4.62. The summed E-state index contributed by atoms with van der Waals surface area (Å²) in [6.07, 6.45) is 6.24. The molecular formula is C10H16.